The number of aliphatic carboxylic acids is 1. The summed E-state index contributed by atoms with van der Waals surface area (Å²) < 4.78 is 74.5. The van der Waals surface area contributed by atoms with E-state index in [-0.39, 0.29) is 44.4 Å². The minimum absolute atomic E-state index is 0.0559. The van der Waals surface area contributed by atoms with E-state index in [1.165, 1.54) is 7.11 Å². The summed E-state index contributed by atoms with van der Waals surface area (Å²) in [4.78, 5) is 32.8. The van der Waals surface area contributed by atoms with Gasteiger partial charge in [0, 0.05) is 12.8 Å². The van der Waals surface area contributed by atoms with Gasteiger partial charge in [-0.25, -0.2) is 0 Å². The summed E-state index contributed by atoms with van der Waals surface area (Å²) in [5.41, 5.74) is 0. The lowest BCUT2D eigenvalue weighted by Crippen LogP contribution is -2.16. The third-order valence-electron chi connectivity index (χ3n) is 6.28. The van der Waals surface area contributed by atoms with Gasteiger partial charge in [0.25, 0.3) is 0 Å². The molecule has 0 heterocycles. The molecular formula is C34H64O18. The molecule has 0 aliphatic carbocycles. The summed E-state index contributed by atoms with van der Waals surface area (Å²) >= 11 is 0. The van der Waals surface area contributed by atoms with Crippen LogP contribution in [0.5, 0.6) is 0 Å². The molecular weight excluding hydrogens is 696 g/mol. The van der Waals surface area contributed by atoms with Crippen molar-refractivity contribution in [1.82, 2.24) is 0 Å². The van der Waals surface area contributed by atoms with E-state index in [1.807, 2.05) is 0 Å². The quantitative estimate of drug-likeness (QED) is 0.0679. The Balaban J connectivity index is 3.10. The molecule has 0 saturated carbocycles. The fourth-order valence-electron chi connectivity index (χ4n) is 3.61. The number of hydrogen-bond acceptors (Lipinski definition) is 17. The highest BCUT2D eigenvalue weighted by Gasteiger charge is 2.04. The van der Waals surface area contributed by atoms with Crippen molar-refractivity contribution in [3.05, 3.63) is 0 Å². The van der Waals surface area contributed by atoms with Crippen molar-refractivity contribution in [2.75, 3.05) is 172 Å². The molecule has 0 amide bonds. The van der Waals surface area contributed by atoms with Crippen LogP contribution in [0.2, 0.25) is 0 Å². The van der Waals surface area contributed by atoms with Crippen molar-refractivity contribution in [3.8, 4) is 0 Å². The molecule has 308 valence electrons. The fraction of sp³-hybridized carbons (Fsp3) is 0.912. The fourth-order valence-corrected chi connectivity index (χ4v) is 3.61. The lowest BCUT2D eigenvalue weighted by Gasteiger charge is -2.09. The molecule has 0 saturated heterocycles. The number of hydrogen-bond donors (Lipinski definition) is 1. The molecule has 0 fully saturated rings. The van der Waals surface area contributed by atoms with Gasteiger partial charge in [-0.05, 0) is 12.8 Å². The summed E-state index contributed by atoms with van der Waals surface area (Å²) in [7, 11) is 1.35. The Hall–Kier alpha value is -2.07. The summed E-state index contributed by atoms with van der Waals surface area (Å²) in [5.74, 6) is -1.51. The first-order valence-electron chi connectivity index (χ1n) is 17.9. The summed E-state index contributed by atoms with van der Waals surface area (Å²) in [6.45, 7) is 10.8. The van der Waals surface area contributed by atoms with E-state index < -0.39 is 5.97 Å². The second-order valence-electron chi connectivity index (χ2n) is 10.5. The molecule has 18 nitrogen and oxygen atoms in total. The van der Waals surface area contributed by atoms with Gasteiger partial charge in [0.15, 0.2) is 0 Å². The first-order chi connectivity index (χ1) is 25.6. The molecule has 0 aliphatic heterocycles. The summed E-state index contributed by atoms with van der Waals surface area (Å²) in [6.07, 6.45) is 1.45. The first kappa shape index (κ1) is 49.9. The van der Waals surface area contributed by atoms with Crippen LogP contribution >= 0.6 is 0 Å². The van der Waals surface area contributed by atoms with Gasteiger partial charge in [-0.3, -0.25) is 14.4 Å². The summed E-state index contributed by atoms with van der Waals surface area (Å²) in [5, 5.41) is 8.55. The van der Waals surface area contributed by atoms with Gasteiger partial charge in [0.2, 0.25) is 0 Å². The standard InChI is InChI=1S/C34H64O18/c1-39-33(37)6-7-40-8-9-41-10-11-42-12-13-43-14-15-44-16-17-45-18-19-46-20-21-47-22-23-48-24-25-49-26-27-50-28-29-51-30-31-52-34(38)5-3-2-4-32(35)36/h2-31H2,1H3,(H,35,36). The zero-order chi connectivity index (χ0) is 37.8. The van der Waals surface area contributed by atoms with Crippen LogP contribution in [0.25, 0.3) is 0 Å². The van der Waals surface area contributed by atoms with Crippen molar-refractivity contribution >= 4 is 17.9 Å². The molecule has 52 heavy (non-hydrogen) atoms. The molecule has 0 atom stereocenters. The average molecular weight is 761 g/mol. The van der Waals surface area contributed by atoms with Crippen LogP contribution in [-0.2, 0) is 80.7 Å². The Morgan fingerprint density at radius 1 is 0.327 bits per heavy atom. The van der Waals surface area contributed by atoms with E-state index in [1.54, 1.807) is 0 Å². The van der Waals surface area contributed by atoms with Gasteiger partial charge in [-0.1, -0.05) is 0 Å². The maximum Gasteiger partial charge on any atom is 0.307 e. The highest BCUT2D eigenvalue weighted by molar-refractivity contribution is 5.70. The molecule has 0 bridgehead atoms. The predicted octanol–water partition coefficient (Wildman–Crippen LogP) is 0.937. The molecule has 0 rings (SSSR count). The van der Waals surface area contributed by atoms with E-state index in [4.69, 9.17) is 66.7 Å². The van der Waals surface area contributed by atoms with Gasteiger partial charge in [0.05, 0.1) is 172 Å². The van der Waals surface area contributed by atoms with Crippen LogP contribution < -0.4 is 0 Å². The second kappa shape index (κ2) is 43.3. The Kier molecular flexibility index (Phi) is 41.6. The molecule has 0 aromatic heterocycles. The molecule has 0 spiro atoms. The number of unbranched alkanes of at least 4 members (excludes halogenated alkanes) is 1. The molecule has 0 aromatic rings. The van der Waals surface area contributed by atoms with Crippen molar-refractivity contribution in [1.29, 1.82) is 0 Å². The molecule has 0 radical (unpaired) electrons. The topological polar surface area (TPSA) is 201 Å². The van der Waals surface area contributed by atoms with E-state index >= 15 is 0 Å². The zero-order valence-electron chi connectivity index (χ0n) is 31.1. The van der Waals surface area contributed by atoms with Gasteiger partial charge < -0.3 is 71.4 Å². The molecule has 0 aliphatic rings. The highest BCUT2D eigenvalue weighted by atomic mass is 16.6. The highest BCUT2D eigenvalue weighted by Crippen LogP contribution is 2.01. The number of carbonyl (C=O) groups excluding carboxylic acids is 2. The third kappa shape index (κ3) is 44.1. The monoisotopic (exact) mass is 760 g/mol. The van der Waals surface area contributed by atoms with Crippen LogP contribution in [-0.4, -0.2) is 195 Å². The molecule has 0 aromatic carbocycles. The van der Waals surface area contributed by atoms with Gasteiger partial charge in [-0.2, -0.15) is 0 Å². The Morgan fingerprint density at radius 2 is 0.577 bits per heavy atom. The largest absolute Gasteiger partial charge is 0.481 e. The van der Waals surface area contributed by atoms with E-state index in [2.05, 4.69) is 4.74 Å². The van der Waals surface area contributed by atoms with Crippen LogP contribution in [0.15, 0.2) is 0 Å². The number of esters is 2. The maximum absolute atomic E-state index is 11.5. The normalized spacial score (nSPS) is 11.2. The van der Waals surface area contributed by atoms with Crippen molar-refractivity contribution in [2.24, 2.45) is 0 Å². The van der Waals surface area contributed by atoms with Gasteiger partial charge >= 0.3 is 17.9 Å². The molecule has 0 unspecified atom stereocenters. The van der Waals surface area contributed by atoms with Crippen LogP contribution in [0.3, 0.4) is 0 Å². The van der Waals surface area contributed by atoms with Crippen molar-refractivity contribution in [3.63, 3.8) is 0 Å². The summed E-state index contributed by atoms with van der Waals surface area (Å²) in [6, 6.07) is 0. The van der Waals surface area contributed by atoms with E-state index in [9.17, 15) is 14.4 Å². The SMILES string of the molecule is COC(=O)CCOCCOCCOCCOCCOCCOCCOCCOCCOCCOCCOCCOCCOC(=O)CCCCC(=O)O. The van der Waals surface area contributed by atoms with E-state index in [0.29, 0.717) is 165 Å². The number of carboxylic acid groups (broad SMARTS) is 1. The first-order valence-corrected chi connectivity index (χ1v) is 17.9. The Labute approximate surface area is 308 Å². The Bertz CT molecular complexity index is 775. The van der Waals surface area contributed by atoms with Gasteiger partial charge in [-0.15, -0.1) is 0 Å². The Morgan fingerprint density at radius 3 is 0.846 bits per heavy atom. The number of methoxy groups -OCH3 is 1. The predicted molar refractivity (Wildman–Crippen MR) is 184 cm³/mol. The zero-order valence-corrected chi connectivity index (χ0v) is 31.1. The smallest absolute Gasteiger partial charge is 0.307 e. The van der Waals surface area contributed by atoms with Gasteiger partial charge in [0.1, 0.15) is 6.61 Å². The van der Waals surface area contributed by atoms with Crippen LogP contribution in [0, 0.1) is 0 Å². The van der Waals surface area contributed by atoms with Crippen molar-refractivity contribution in [2.45, 2.75) is 32.1 Å². The molecule has 1 N–H and O–H groups in total. The van der Waals surface area contributed by atoms with Crippen LogP contribution in [0.1, 0.15) is 32.1 Å². The van der Waals surface area contributed by atoms with Crippen LogP contribution in [0.4, 0.5) is 0 Å². The minimum Gasteiger partial charge on any atom is -0.481 e. The second-order valence-corrected chi connectivity index (χ2v) is 10.5. The van der Waals surface area contributed by atoms with Crippen molar-refractivity contribution < 1.29 is 85.8 Å². The lowest BCUT2D eigenvalue weighted by atomic mass is 10.2. The lowest BCUT2D eigenvalue weighted by molar-refractivity contribution is -0.146. The minimum atomic E-state index is -0.867. The number of carbonyl (C=O) groups is 3. The maximum atomic E-state index is 11.5. The third-order valence-corrected chi connectivity index (χ3v) is 6.28. The number of ether oxygens (including phenoxy) is 14. The van der Waals surface area contributed by atoms with E-state index in [0.717, 1.165) is 0 Å². The number of rotatable bonds is 44. The number of carboxylic acids is 1. The molecule has 18 heteroatoms. The average Bonchev–Trinajstić information content (AvgIpc) is 3.14.